The van der Waals surface area contributed by atoms with Gasteiger partial charge in [0.2, 0.25) is 0 Å². The Kier molecular flexibility index (Phi) is 3.74. The number of hydrogen-bond acceptors (Lipinski definition) is 5. The molecular weight excluding hydrogens is 246 g/mol. The first-order valence-electron chi connectivity index (χ1n) is 5.99. The standard InChI is InChI=1S/C12H15N5O2/c1-3-9(12-13-6-7-14-12)16-11-5-4-10(17(18)19)8(2)15-11/h4-7,9H,3H2,1-2H3,(H,13,14)(H,15,16). The maximum absolute atomic E-state index is 10.7. The third kappa shape index (κ3) is 2.87. The number of pyridine rings is 1. The van der Waals surface area contributed by atoms with Crippen molar-refractivity contribution in [1.82, 2.24) is 15.0 Å². The van der Waals surface area contributed by atoms with Crippen molar-refractivity contribution in [2.45, 2.75) is 26.3 Å². The fourth-order valence-corrected chi connectivity index (χ4v) is 1.84. The molecule has 2 aromatic heterocycles. The molecule has 0 fully saturated rings. The van der Waals surface area contributed by atoms with E-state index in [-0.39, 0.29) is 11.7 Å². The Morgan fingerprint density at radius 1 is 1.53 bits per heavy atom. The SMILES string of the molecule is CCC(Nc1ccc([N+](=O)[O-])c(C)n1)c1ncc[nH]1. The lowest BCUT2D eigenvalue weighted by molar-refractivity contribution is -0.385. The molecule has 0 radical (unpaired) electrons. The molecule has 7 nitrogen and oxygen atoms in total. The largest absolute Gasteiger partial charge is 0.360 e. The lowest BCUT2D eigenvalue weighted by Gasteiger charge is -2.15. The number of nitrogens with zero attached hydrogens (tertiary/aromatic N) is 3. The van der Waals surface area contributed by atoms with Gasteiger partial charge in [-0.1, -0.05) is 6.92 Å². The van der Waals surface area contributed by atoms with Crippen molar-refractivity contribution in [3.05, 3.63) is 46.2 Å². The number of aryl methyl sites for hydroxylation is 1. The number of hydrogen-bond donors (Lipinski definition) is 2. The molecule has 0 aliphatic heterocycles. The van der Waals surface area contributed by atoms with E-state index in [1.807, 2.05) is 6.92 Å². The highest BCUT2D eigenvalue weighted by Gasteiger charge is 2.15. The lowest BCUT2D eigenvalue weighted by Crippen LogP contribution is -2.12. The summed E-state index contributed by atoms with van der Waals surface area (Å²) in [5.74, 6) is 1.42. The van der Waals surface area contributed by atoms with Crippen LogP contribution >= 0.6 is 0 Å². The molecule has 0 amide bonds. The monoisotopic (exact) mass is 261 g/mol. The van der Waals surface area contributed by atoms with Gasteiger partial charge in [0.1, 0.15) is 17.3 Å². The van der Waals surface area contributed by atoms with Gasteiger partial charge < -0.3 is 10.3 Å². The van der Waals surface area contributed by atoms with E-state index in [2.05, 4.69) is 20.3 Å². The summed E-state index contributed by atoms with van der Waals surface area (Å²) >= 11 is 0. The topological polar surface area (TPSA) is 96.7 Å². The summed E-state index contributed by atoms with van der Waals surface area (Å²) in [4.78, 5) is 21.7. The van der Waals surface area contributed by atoms with Crippen LogP contribution in [0.15, 0.2) is 24.5 Å². The molecule has 100 valence electrons. The molecule has 0 saturated carbocycles. The van der Waals surface area contributed by atoms with Crippen molar-refractivity contribution in [3.8, 4) is 0 Å². The average molecular weight is 261 g/mol. The number of H-pyrrole nitrogens is 1. The molecule has 2 heterocycles. The quantitative estimate of drug-likeness (QED) is 0.637. The maximum atomic E-state index is 10.7. The van der Waals surface area contributed by atoms with Crippen LogP contribution in [0.3, 0.4) is 0 Å². The molecule has 0 aliphatic carbocycles. The van der Waals surface area contributed by atoms with Crippen LogP contribution in [0.25, 0.3) is 0 Å². The second kappa shape index (κ2) is 5.47. The van der Waals surface area contributed by atoms with E-state index in [1.165, 1.54) is 6.07 Å². The summed E-state index contributed by atoms with van der Waals surface area (Å²) in [6.45, 7) is 3.65. The Balaban J connectivity index is 2.19. The zero-order valence-electron chi connectivity index (χ0n) is 10.8. The van der Waals surface area contributed by atoms with Crippen molar-refractivity contribution in [2.75, 3.05) is 5.32 Å². The van der Waals surface area contributed by atoms with Crippen molar-refractivity contribution < 1.29 is 4.92 Å². The molecule has 7 heteroatoms. The van der Waals surface area contributed by atoms with E-state index < -0.39 is 4.92 Å². The average Bonchev–Trinajstić information content (AvgIpc) is 2.89. The molecule has 0 aromatic carbocycles. The van der Waals surface area contributed by atoms with Gasteiger partial charge in [-0.3, -0.25) is 10.1 Å². The van der Waals surface area contributed by atoms with Crippen molar-refractivity contribution in [2.24, 2.45) is 0 Å². The zero-order valence-corrected chi connectivity index (χ0v) is 10.8. The van der Waals surface area contributed by atoms with E-state index in [9.17, 15) is 10.1 Å². The first-order chi connectivity index (χ1) is 9.11. The number of aromatic amines is 1. The van der Waals surface area contributed by atoms with Gasteiger partial charge in [-0.2, -0.15) is 0 Å². The highest BCUT2D eigenvalue weighted by atomic mass is 16.6. The summed E-state index contributed by atoms with van der Waals surface area (Å²) in [6, 6.07) is 3.07. The van der Waals surface area contributed by atoms with Gasteiger partial charge in [0, 0.05) is 18.5 Å². The van der Waals surface area contributed by atoms with Gasteiger partial charge >= 0.3 is 0 Å². The van der Waals surface area contributed by atoms with Crippen LogP contribution in [-0.4, -0.2) is 19.9 Å². The molecular formula is C12H15N5O2. The molecule has 0 bridgehead atoms. The predicted molar refractivity (Wildman–Crippen MR) is 70.9 cm³/mol. The number of anilines is 1. The highest BCUT2D eigenvalue weighted by Crippen LogP contribution is 2.22. The molecule has 0 saturated heterocycles. The van der Waals surface area contributed by atoms with Crippen LogP contribution in [0.4, 0.5) is 11.5 Å². The normalized spacial score (nSPS) is 12.1. The van der Waals surface area contributed by atoms with Gasteiger partial charge in [-0.15, -0.1) is 0 Å². The minimum absolute atomic E-state index is 0.00311. The van der Waals surface area contributed by atoms with Crippen LogP contribution in [-0.2, 0) is 0 Å². The molecule has 1 unspecified atom stereocenters. The van der Waals surface area contributed by atoms with Crippen LogP contribution < -0.4 is 5.32 Å². The lowest BCUT2D eigenvalue weighted by atomic mass is 10.2. The molecule has 1 atom stereocenters. The van der Waals surface area contributed by atoms with Gasteiger partial charge in [-0.05, 0) is 19.4 Å². The number of nitro groups is 1. The Morgan fingerprint density at radius 3 is 2.84 bits per heavy atom. The molecule has 2 N–H and O–H groups in total. The van der Waals surface area contributed by atoms with Gasteiger partial charge in [0.05, 0.1) is 11.0 Å². The molecule has 0 spiro atoms. The highest BCUT2D eigenvalue weighted by molar-refractivity contribution is 5.45. The van der Waals surface area contributed by atoms with Crippen molar-refractivity contribution >= 4 is 11.5 Å². The van der Waals surface area contributed by atoms with Crippen molar-refractivity contribution in [1.29, 1.82) is 0 Å². The third-order valence-electron chi connectivity index (χ3n) is 2.83. The number of imidazole rings is 1. The zero-order chi connectivity index (χ0) is 13.8. The Labute approximate surface area is 110 Å². The van der Waals surface area contributed by atoms with Crippen LogP contribution in [0.1, 0.15) is 30.9 Å². The minimum Gasteiger partial charge on any atom is -0.360 e. The van der Waals surface area contributed by atoms with E-state index in [0.29, 0.717) is 11.5 Å². The summed E-state index contributed by atoms with van der Waals surface area (Å²) < 4.78 is 0. The Hall–Kier alpha value is -2.44. The minimum atomic E-state index is -0.435. The Bertz CT molecular complexity index is 568. The van der Waals surface area contributed by atoms with Gasteiger partial charge in [-0.25, -0.2) is 9.97 Å². The fraction of sp³-hybridized carbons (Fsp3) is 0.333. The maximum Gasteiger partial charge on any atom is 0.290 e. The number of nitrogens with one attached hydrogen (secondary N) is 2. The predicted octanol–water partition coefficient (Wildman–Crippen LogP) is 2.58. The van der Waals surface area contributed by atoms with Crippen LogP contribution in [0.5, 0.6) is 0 Å². The second-order valence-electron chi connectivity index (χ2n) is 4.14. The van der Waals surface area contributed by atoms with Crippen molar-refractivity contribution in [3.63, 3.8) is 0 Å². The van der Waals surface area contributed by atoms with E-state index in [0.717, 1.165) is 12.2 Å². The smallest absolute Gasteiger partial charge is 0.290 e. The summed E-state index contributed by atoms with van der Waals surface area (Å²) in [6.07, 6.45) is 4.27. The summed E-state index contributed by atoms with van der Waals surface area (Å²) in [5.41, 5.74) is 0.417. The third-order valence-corrected chi connectivity index (χ3v) is 2.83. The van der Waals surface area contributed by atoms with Crippen LogP contribution in [0, 0.1) is 17.0 Å². The molecule has 2 rings (SSSR count). The van der Waals surface area contributed by atoms with E-state index in [1.54, 1.807) is 25.4 Å². The van der Waals surface area contributed by atoms with Gasteiger partial charge in [0.25, 0.3) is 5.69 Å². The molecule has 19 heavy (non-hydrogen) atoms. The molecule has 0 aliphatic rings. The summed E-state index contributed by atoms with van der Waals surface area (Å²) in [5, 5.41) is 13.9. The first-order valence-corrected chi connectivity index (χ1v) is 5.99. The van der Waals surface area contributed by atoms with Gasteiger partial charge in [0.15, 0.2) is 0 Å². The Morgan fingerprint density at radius 2 is 2.32 bits per heavy atom. The number of rotatable bonds is 5. The first kappa shape index (κ1) is 13.0. The fourth-order valence-electron chi connectivity index (χ4n) is 1.84. The number of aromatic nitrogens is 3. The second-order valence-corrected chi connectivity index (χ2v) is 4.14. The molecule has 2 aromatic rings. The van der Waals surface area contributed by atoms with E-state index >= 15 is 0 Å². The van der Waals surface area contributed by atoms with Crippen LogP contribution in [0.2, 0.25) is 0 Å². The van der Waals surface area contributed by atoms with E-state index in [4.69, 9.17) is 0 Å². The summed E-state index contributed by atoms with van der Waals surface area (Å²) in [7, 11) is 0.